The van der Waals surface area contributed by atoms with Crippen LogP contribution in [0.1, 0.15) is 21.5 Å². The molecule has 0 fully saturated rings. The van der Waals surface area contributed by atoms with Gasteiger partial charge < -0.3 is 4.74 Å². The van der Waals surface area contributed by atoms with Crippen LogP contribution < -0.4 is 4.74 Å². The van der Waals surface area contributed by atoms with Crippen molar-refractivity contribution in [1.82, 2.24) is 0 Å². The van der Waals surface area contributed by atoms with Gasteiger partial charge >= 0.3 is 0 Å². The molecule has 0 aliphatic carbocycles. The number of ketones is 1. The van der Waals surface area contributed by atoms with Crippen LogP contribution in [-0.4, -0.2) is 12.4 Å². The first-order valence-electron chi connectivity index (χ1n) is 6.15. The summed E-state index contributed by atoms with van der Waals surface area (Å²) in [5.74, 6) is 0.633. The Labute approximate surface area is 135 Å². The molecule has 0 saturated carbocycles. The monoisotopic (exact) mass is 396 g/mol. The molecule has 2 nitrogen and oxygen atoms in total. The quantitative estimate of drug-likeness (QED) is 0.671. The minimum Gasteiger partial charge on any atom is -0.484 e. The second-order valence-corrected chi connectivity index (χ2v) is 6.36. The summed E-state index contributed by atoms with van der Waals surface area (Å²) in [6, 6.07) is 11.3. The minimum atomic E-state index is -0.0251. The Morgan fingerprint density at radius 2 is 1.80 bits per heavy atom. The zero-order chi connectivity index (χ0) is 14.7. The third-order valence-corrected chi connectivity index (χ3v) is 4.19. The summed E-state index contributed by atoms with van der Waals surface area (Å²) in [7, 11) is 0. The molecule has 0 radical (unpaired) electrons. The number of ether oxygens (including phenoxy) is 1. The fourth-order valence-corrected chi connectivity index (χ4v) is 2.90. The highest BCUT2D eigenvalue weighted by atomic mass is 79.9. The van der Waals surface area contributed by atoms with E-state index in [9.17, 15) is 4.79 Å². The highest BCUT2D eigenvalue weighted by Gasteiger charge is 2.09. The lowest BCUT2D eigenvalue weighted by Gasteiger charge is -2.09. The summed E-state index contributed by atoms with van der Waals surface area (Å²) in [6.07, 6.45) is 0. The molecule has 0 aliphatic heterocycles. The molecule has 4 heteroatoms. The Hall–Kier alpha value is -1.13. The third-order valence-electron chi connectivity index (χ3n) is 3.08. The van der Waals surface area contributed by atoms with Gasteiger partial charge in [-0.3, -0.25) is 4.79 Å². The van der Waals surface area contributed by atoms with Crippen LogP contribution in [0.5, 0.6) is 5.75 Å². The van der Waals surface area contributed by atoms with E-state index in [1.807, 2.05) is 50.2 Å². The molecule has 0 atom stereocenters. The molecule has 20 heavy (non-hydrogen) atoms. The number of hydrogen-bond donors (Lipinski definition) is 0. The summed E-state index contributed by atoms with van der Waals surface area (Å²) >= 11 is 6.78. The van der Waals surface area contributed by atoms with E-state index in [1.54, 1.807) is 0 Å². The third kappa shape index (κ3) is 3.70. The number of carbonyl (C=O) groups excluding carboxylic acids is 1. The van der Waals surface area contributed by atoms with Crippen molar-refractivity contribution in [2.24, 2.45) is 0 Å². The summed E-state index contributed by atoms with van der Waals surface area (Å²) in [5.41, 5.74) is 2.97. The van der Waals surface area contributed by atoms with Gasteiger partial charge in [0.05, 0.1) is 4.47 Å². The lowest BCUT2D eigenvalue weighted by Crippen LogP contribution is -2.12. The zero-order valence-corrected chi connectivity index (χ0v) is 14.4. The molecule has 0 aliphatic rings. The highest BCUT2D eigenvalue weighted by Crippen LogP contribution is 2.28. The van der Waals surface area contributed by atoms with E-state index < -0.39 is 0 Å². The van der Waals surface area contributed by atoms with Crippen molar-refractivity contribution in [3.05, 3.63) is 62.0 Å². The molecule has 104 valence electrons. The van der Waals surface area contributed by atoms with Crippen molar-refractivity contribution in [1.29, 1.82) is 0 Å². The predicted molar refractivity (Wildman–Crippen MR) is 87.6 cm³/mol. The van der Waals surface area contributed by atoms with E-state index in [4.69, 9.17) is 4.74 Å². The molecule has 0 saturated heterocycles. The molecule has 2 aromatic carbocycles. The van der Waals surface area contributed by atoms with Crippen molar-refractivity contribution in [2.45, 2.75) is 13.8 Å². The van der Waals surface area contributed by atoms with Crippen LogP contribution in [0.2, 0.25) is 0 Å². The molecule has 0 unspecified atom stereocenters. The maximum Gasteiger partial charge on any atom is 0.200 e. The van der Waals surface area contributed by atoms with E-state index >= 15 is 0 Å². The molecule has 0 bridgehead atoms. The molecular formula is C16H14Br2O2. The van der Waals surface area contributed by atoms with Crippen LogP contribution in [0.25, 0.3) is 0 Å². The zero-order valence-electron chi connectivity index (χ0n) is 11.2. The molecule has 0 spiro atoms. The second kappa shape index (κ2) is 6.55. The number of benzene rings is 2. The maximum absolute atomic E-state index is 12.1. The van der Waals surface area contributed by atoms with Gasteiger partial charge in [-0.25, -0.2) is 0 Å². The van der Waals surface area contributed by atoms with Crippen LogP contribution in [-0.2, 0) is 0 Å². The van der Waals surface area contributed by atoms with Crippen LogP contribution >= 0.6 is 31.9 Å². The van der Waals surface area contributed by atoms with Crippen LogP contribution in [0.15, 0.2) is 45.3 Å². The molecule has 0 heterocycles. The highest BCUT2D eigenvalue weighted by molar-refractivity contribution is 9.11. The Morgan fingerprint density at radius 1 is 1.05 bits per heavy atom. The fraction of sp³-hybridized carbons (Fsp3) is 0.188. The van der Waals surface area contributed by atoms with Crippen molar-refractivity contribution in [3.8, 4) is 5.75 Å². The number of hydrogen-bond acceptors (Lipinski definition) is 2. The van der Waals surface area contributed by atoms with Crippen molar-refractivity contribution in [3.63, 3.8) is 0 Å². The molecular weight excluding hydrogens is 384 g/mol. The van der Waals surface area contributed by atoms with Crippen molar-refractivity contribution in [2.75, 3.05) is 6.61 Å². The van der Waals surface area contributed by atoms with Gasteiger partial charge in [0.15, 0.2) is 12.4 Å². The first kappa shape index (κ1) is 15.3. The molecule has 0 N–H and O–H groups in total. The lowest BCUT2D eigenvalue weighted by molar-refractivity contribution is 0.0921. The van der Waals surface area contributed by atoms with Gasteiger partial charge in [0.2, 0.25) is 0 Å². The Morgan fingerprint density at radius 3 is 2.45 bits per heavy atom. The van der Waals surface area contributed by atoms with E-state index in [2.05, 4.69) is 31.9 Å². The largest absolute Gasteiger partial charge is 0.484 e. The summed E-state index contributed by atoms with van der Waals surface area (Å²) in [5, 5.41) is 0. The van der Waals surface area contributed by atoms with E-state index in [-0.39, 0.29) is 12.4 Å². The van der Waals surface area contributed by atoms with Gasteiger partial charge in [0, 0.05) is 10.0 Å². The standard InChI is InChI=1S/C16H14Br2O2/c1-10-3-4-12(7-11(10)2)15(19)9-20-16-6-5-13(17)8-14(16)18/h3-8H,9H2,1-2H3. The number of carbonyl (C=O) groups is 1. The van der Waals surface area contributed by atoms with E-state index in [0.29, 0.717) is 11.3 Å². The number of aryl methyl sites for hydroxylation is 2. The number of halogens is 2. The predicted octanol–water partition coefficient (Wildman–Crippen LogP) is 5.09. The van der Waals surface area contributed by atoms with Crippen molar-refractivity contribution < 1.29 is 9.53 Å². The van der Waals surface area contributed by atoms with Crippen LogP contribution in [0.3, 0.4) is 0 Å². The molecule has 0 amide bonds. The Bertz CT molecular complexity index is 651. The summed E-state index contributed by atoms with van der Waals surface area (Å²) in [4.78, 5) is 12.1. The smallest absolute Gasteiger partial charge is 0.200 e. The first-order valence-corrected chi connectivity index (χ1v) is 7.74. The van der Waals surface area contributed by atoms with E-state index in [1.165, 1.54) is 5.56 Å². The maximum atomic E-state index is 12.1. The van der Waals surface area contributed by atoms with Crippen LogP contribution in [0.4, 0.5) is 0 Å². The minimum absolute atomic E-state index is 0.0251. The average Bonchev–Trinajstić information content (AvgIpc) is 2.40. The average molecular weight is 398 g/mol. The summed E-state index contributed by atoms with van der Waals surface area (Å²) in [6.45, 7) is 4.06. The Balaban J connectivity index is 2.06. The van der Waals surface area contributed by atoms with Gasteiger partial charge in [0.1, 0.15) is 5.75 Å². The number of Topliss-reactive ketones (excluding diaryl/α,β-unsaturated/α-hetero) is 1. The fourth-order valence-electron chi connectivity index (χ4n) is 1.73. The SMILES string of the molecule is Cc1ccc(C(=O)COc2ccc(Br)cc2Br)cc1C. The first-order chi connectivity index (χ1) is 9.47. The van der Waals surface area contributed by atoms with Crippen molar-refractivity contribution >= 4 is 37.6 Å². The Kier molecular flexibility index (Phi) is 5.00. The molecule has 2 aromatic rings. The van der Waals surface area contributed by atoms with Gasteiger partial charge in [-0.1, -0.05) is 28.1 Å². The van der Waals surface area contributed by atoms with E-state index in [0.717, 1.165) is 14.5 Å². The van der Waals surface area contributed by atoms with Gasteiger partial charge in [-0.05, 0) is 65.2 Å². The van der Waals surface area contributed by atoms with Crippen LogP contribution in [0, 0.1) is 13.8 Å². The normalized spacial score (nSPS) is 10.4. The lowest BCUT2D eigenvalue weighted by atomic mass is 10.0. The van der Waals surface area contributed by atoms with Gasteiger partial charge in [-0.15, -0.1) is 0 Å². The molecule has 2 rings (SSSR count). The number of rotatable bonds is 4. The summed E-state index contributed by atoms with van der Waals surface area (Å²) < 4.78 is 7.34. The second-order valence-electron chi connectivity index (χ2n) is 4.59. The van der Waals surface area contributed by atoms with Gasteiger partial charge in [0.25, 0.3) is 0 Å². The van der Waals surface area contributed by atoms with Gasteiger partial charge in [-0.2, -0.15) is 0 Å². The molecule has 0 aromatic heterocycles. The topological polar surface area (TPSA) is 26.3 Å².